The molecule has 0 aliphatic heterocycles. The molecule has 0 unspecified atom stereocenters. The number of rotatable bonds is 0. The summed E-state index contributed by atoms with van der Waals surface area (Å²) in [4.78, 5) is 16.6. The van der Waals surface area contributed by atoms with E-state index in [1.54, 1.807) is 10.6 Å². The van der Waals surface area contributed by atoms with E-state index in [-0.39, 0.29) is 5.56 Å². The summed E-state index contributed by atoms with van der Waals surface area (Å²) in [6, 6.07) is 3.75. The summed E-state index contributed by atoms with van der Waals surface area (Å²) in [7, 11) is 0. The summed E-state index contributed by atoms with van der Waals surface area (Å²) in [6.07, 6.45) is 4.62. The number of aryl methyl sites for hydroxylation is 1. The minimum atomic E-state index is 0.0915. The van der Waals surface area contributed by atoms with Gasteiger partial charge in [-0.3, -0.25) is 9.20 Å². The molecule has 3 rings (SSSR count). The first-order valence-electron chi connectivity index (χ1n) is 4.96. The minimum absolute atomic E-state index is 0.0915. The van der Waals surface area contributed by atoms with Gasteiger partial charge >= 0.3 is 0 Å². The van der Waals surface area contributed by atoms with Gasteiger partial charge in [0.25, 0.3) is 5.56 Å². The molecular weight excluding hydrogens is 256 g/mol. The quantitative estimate of drug-likeness (QED) is 0.729. The van der Waals surface area contributed by atoms with Crippen LogP contribution in [0.1, 0.15) is 17.7 Å². The van der Waals surface area contributed by atoms with Crippen molar-refractivity contribution in [3.05, 3.63) is 44.4 Å². The van der Waals surface area contributed by atoms with Gasteiger partial charge in [-0.2, -0.15) is 0 Å². The molecule has 15 heavy (non-hydrogen) atoms. The molecular formula is C11H9BrN2O. The molecule has 0 bridgehead atoms. The second-order valence-corrected chi connectivity index (χ2v) is 4.60. The van der Waals surface area contributed by atoms with Crippen molar-refractivity contribution in [3.8, 4) is 0 Å². The van der Waals surface area contributed by atoms with Crippen LogP contribution >= 0.6 is 15.9 Å². The predicted octanol–water partition coefficient (Wildman–Crippen LogP) is 1.95. The van der Waals surface area contributed by atoms with Crippen LogP contribution < -0.4 is 5.56 Å². The molecule has 2 heterocycles. The smallest absolute Gasteiger partial charge is 0.261 e. The third kappa shape index (κ3) is 1.24. The Kier molecular flexibility index (Phi) is 1.92. The fourth-order valence-corrected chi connectivity index (χ4v) is 2.53. The minimum Gasteiger partial charge on any atom is -0.269 e. The maximum atomic E-state index is 12.1. The molecule has 0 aromatic carbocycles. The Hall–Kier alpha value is -1.16. The number of hydrogen-bond donors (Lipinski definition) is 0. The number of nitrogens with zero attached hydrogens (tertiary/aromatic N) is 2. The van der Waals surface area contributed by atoms with E-state index < -0.39 is 0 Å². The van der Waals surface area contributed by atoms with Crippen LogP contribution in [0.25, 0.3) is 5.65 Å². The van der Waals surface area contributed by atoms with Crippen LogP contribution in [0.3, 0.4) is 0 Å². The monoisotopic (exact) mass is 264 g/mol. The van der Waals surface area contributed by atoms with Crippen molar-refractivity contribution in [1.29, 1.82) is 0 Å². The van der Waals surface area contributed by atoms with Crippen LogP contribution in [0.4, 0.5) is 0 Å². The summed E-state index contributed by atoms with van der Waals surface area (Å²) in [5.41, 5.74) is 2.69. The highest BCUT2D eigenvalue weighted by atomic mass is 79.9. The highest BCUT2D eigenvalue weighted by molar-refractivity contribution is 9.10. The van der Waals surface area contributed by atoms with Gasteiger partial charge in [-0.1, -0.05) is 0 Å². The molecule has 0 spiro atoms. The zero-order valence-electron chi connectivity index (χ0n) is 8.03. The molecule has 76 valence electrons. The van der Waals surface area contributed by atoms with Crippen molar-refractivity contribution in [2.75, 3.05) is 0 Å². The number of fused-ring (bicyclic) bond motifs is 2. The topological polar surface area (TPSA) is 34.4 Å². The van der Waals surface area contributed by atoms with Crippen molar-refractivity contribution >= 4 is 21.6 Å². The average Bonchev–Trinajstić information content (AvgIpc) is 2.68. The van der Waals surface area contributed by atoms with E-state index in [2.05, 4.69) is 20.9 Å². The number of pyridine rings is 1. The molecule has 0 radical (unpaired) electrons. The van der Waals surface area contributed by atoms with E-state index in [0.29, 0.717) is 0 Å². The van der Waals surface area contributed by atoms with Crippen LogP contribution in [0.15, 0.2) is 27.6 Å². The third-order valence-corrected chi connectivity index (χ3v) is 3.44. The van der Waals surface area contributed by atoms with E-state index in [4.69, 9.17) is 0 Å². The van der Waals surface area contributed by atoms with Gasteiger partial charge in [0.15, 0.2) is 5.65 Å². The summed E-state index contributed by atoms with van der Waals surface area (Å²) in [6.45, 7) is 0. The van der Waals surface area contributed by atoms with Crippen LogP contribution in [-0.2, 0) is 12.8 Å². The molecule has 0 N–H and O–H groups in total. The Bertz CT molecular complexity index is 603. The standard InChI is InChI=1S/C11H9BrN2O/c12-8-4-2-6-14-10(8)13-9-5-1-3-7(9)11(14)15/h2,4,6H,1,3,5H2. The van der Waals surface area contributed by atoms with E-state index in [1.807, 2.05) is 12.1 Å². The van der Waals surface area contributed by atoms with Gasteiger partial charge in [0.2, 0.25) is 0 Å². The van der Waals surface area contributed by atoms with Crippen LogP contribution in [-0.4, -0.2) is 9.38 Å². The second-order valence-electron chi connectivity index (χ2n) is 3.75. The number of hydrogen-bond acceptors (Lipinski definition) is 2. The molecule has 0 atom stereocenters. The maximum absolute atomic E-state index is 12.1. The Balaban J connectivity index is 2.52. The first-order chi connectivity index (χ1) is 7.27. The molecule has 0 saturated heterocycles. The van der Waals surface area contributed by atoms with Crippen molar-refractivity contribution in [2.24, 2.45) is 0 Å². The Morgan fingerprint density at radius 3 is 3.13 bits per heavy atom. The van der Waals surface area contributed by atoms with Crippen molar-refractivity contribution in [1.82, 2.24) is 9.38 Å². The van der Waals surface area contributed by atoms with Gasteiger partial charge in [0, 0.05) is 11.8 Å². The molecule has 1 aliphatic carbocycles. The Labute approximate surface area is 94.9 Å². The largest absolute Gasteiger partial charge is 0.269 e. The summed E-state index contributed by atoms with van der Waals surface area (Å²) < 4.78 is 2.49. The SMILES string of the molecule is O=c1c2c(nc3c(Br)cccn13)CCC2. The van der Waals surface area contributed by atoms with Crippen LogP contribution in [0, 0.1) is 0 Å². The zero-order valence-corrected chi connectivity index (χ0v) is 9.62. The lowest BCUT2D eigenvalue weighted by atomic mass is 10.2. The average molecular weight is 265 g/mol. The first kappa shape index (κ1) is 9.09. The van der Waals surface area contributed by atoms with Crippen LogP contribution in [0.2, 0.25) is 0 Å². The number of aromatic nitrogens is 2. The van der Waals surface area contributed by atoms with Gasteiger partial charge in [-0.15, -0.1) is 0 Å². The summed E-state index contributed by atoms with van der Waals surface area (Å²) >= 11 is 3.42. The second kappa shape index (κ2) is 3.17. The van der Waals surface area contributed by atoms with Gasteiger partial charge < -0.3 is 0 Å². The summed E-state index contributed by atoms with van der Waals surface area (Å²) in [5.74, 6) is 0. The van der Waals surface area contributed by atoms with Crippen molar-refractivity contribution in [2.45, 2.75) is 19.3 Å². The van der Waals surface area contributed by atoms with E-state index in [0.717, 1.165) is 40.6 Å². The van der Waals surface area contributed by atoms with Gasteiger partial charge in [-0.25, -0.2) is 4.98 Å². The molecule has 1 aliphatic rings. The molecule has 4 heteroatoms. The molecule has 0 saturated carbocycles. The Morgan fingerprint density at radius 2 is 2.27 bits per heavy atom. The van der Waals surface area contributed by atoms with Crippen molar-refractivity contribution in [3.63, 3.8) is 0 Å². The van der Waals surface area contributed by atoms with Crippen LogP contribution in [0.5, 0.6) is 0 Å². The lowest BCUT2D eigenvalue weighted by Gasteiger charge is -2.04. The highest BCUT2D eigenvalue weighted by Crippen LogP contribution is 2.20. The Morgan fingerprint density at radius 1 is 1.40 bits per heavy atom. The van der Waals surface area contributed by atoms with E-state index in [1.165, 1.54) is 0 Å². The summed E-state index contributed by atoms with van der Waals surface area (Å²) in [5, 5.41) is 0. The lowest BCUT2D eigenvalue weighted by molar-refractivity contribution is 0.899. The fraction of sp³-hybridized carbons (Fsp3) is 0.273. The van der Waals surface area contributed by atoms with E-state index >= 15 is 0 Å². The third-order valence-electron chi connectivity index (χ3n) is 2.83. The molecule has 2 aromatic rings. The first-order valence-corrected chi connectivity index (χ1v) is 5.75. The lowest BCUT2D eigenvalue weighted by Crippen LogP contribution is -2.19. The fourth-order valence-electron chi connectivity index (χ4n) is 2.10. The van der Waals surface area contributed by atoms with Gasteiger partial charge in [0.1, 0.15) is 0 Å². The maximum Gasteiger partial charge on any atom is 0.261 e. The number of halogens is 1. The normalized spacial score (nSPS) is 14.5. The predicted molar refractivity (Wildman–Crippen MR) is 61.2 cm³/mol. The zero-order chi connectivity index (χ0) is 10.4. The molecule has 0 amide bonds. The van der Waals surface area contributed by atoms with Gasteiger partial charge in [-0.05, 0) is 47.3 Å². The van der Waals surface area contributed by atoms with Gasteiger partial charge in [0.05, 0.1) is 10.2 Å². The molecule has 2 aromatic heterocycles. The van der Waals surface area contributed by atoms with E-state index in [9.17, 15) is 4.79 Å². The molecule has 3 nitrogen and oxygen atoms in total. The molecule has 0 fully saturated rings. The van der Waals surface area contributed by atoms with Crippen molar-refractivity contribution < 1.29 is 0 Å². The highest BCUT2D eigenvalue weighted by Gasteiger charge is 2.18.